The van der Waals surface area contributed by atoms with Gasteiger partial charge in [-0.3, -0.25) is 9.78 Å². The van der Waals surface area contributed by atoms with E-state index in [1.807, 2.05) is 24.3 Å². The third kappa shape index (κ3) is 1.39. The summed E-state index contributed by atoms with van der Waals surface area (Å²) in [6.45, 7) is 6.26. The number of carbonyl (C=O) groups is 1. The van der Waals surface area contributed by atoms with E-state index in [0.717, 1.165) is 34.1 Å². The minimum Gasteiger partial charge on any atom is -0.481 e. The molecule has 126 valence electrons. The Morgan fingerprint density at radius 2 is 1.80 bits per heavy atom. The summed E-state index contributed by atoms with van der Waals surface area (Å²) in [5, 5.41) is 11.1. The van der Waals surface area contributed by atoms with Gasteiger partial charge in [-0.15, -0.1) is 0 Å². The first-order valence-electron chi connectivity index (χ1n) is 8.63. The van der Waals surface area contributed by atoms with Crippen LogP contribution in [-0.4, -0.2) is 26.0 Å². The molecule has 2 aliphatic carbocycles. The minimum atomic E-state index is -0.970. The molecule has 2 aromatic heterocycles. The summed E-state index contributed by atoms with van der Waals surface area (Å²) in [5.41, 5.74) is 2.25. The third-order valence-electron chi connectivity index (χ3n) is 7.15. The highest BCUT2D eigenvalue weighted by Gasteiger charge is 2.73. The molecule has 2 atom stereocenters. The Bertz CT molecular complexity index is 1090. The molecule has 0 spiro atoms. The third-order valence-corrected chi connectivity index (χ3v) is 7.15. The largest absolute Gasteiger partial charge is 0.481 e. The Labute approximate surface area is 145 Å². The molecule has 0 aliphatic heterocycles. The number of aromatic nitrogens is 3. The highest BCUT2D eigenvalue weighted by molar-refractivity contribution is 6.02. The number of hydrogen-bond donors (Lipinski definition) is 1. The van der Waals surface area contributed by atoms with E-state index in [2.05, 4.69) is 25.8 Å². The molecule has 0 saturated heterocycles. The van der Waals surface area contributed by atoms with E-state index in [4.69, 9.17) is 9.97 Å². The minimum absolute atomic E-state index is 0.272. The number of fused-ring (bicyclic) bond motifs is 8. The number of nitrogens with zero attached hydrogens (tertiary/aromatic N) is 3. The molecule has 1 saturated carbocycles. The second kappa shape index (κ2) is 4.15. The van der Waals surface area contributed by atoms with Gasteiger partial charge in [0, 0.05) is 17.0 Å². The molecule has 5 rings (SSSR count). The fraction of sp³-hybridized carbons (Fsp3) is 0.400. The summed E-state index contributed by atoms with van der Waals surface area (Å²) < 4.78 is 0. The standard InChI is InChI=1S/C20H19N3O2/c1-18(2)19(3)8-9-20(18,17(24)25)16-15(19)22-13-7-6-12-11(14(13)23-16)5-4-10-21-12/h4-7,10H,8-9H2,1-3H3,(H,24,25)/t19-,20?/m1/s1. The summed E-state index contributed by atoms with van der Waals surface area (Å²) >= 11 is 0. The molecular formula is C20H19N3O2. The molecule has 2 heterocycles. The van der Waals surface area contributed by atoms with Crippen molar-refractivity contribution in [2.75, 3.05) is 0 Å². The van der Waals surface area contributed by atoms with Crippen molar-refractivity contribution in [1.82, 2.24) is 15.0 Å². The van der Waals surface area contributed by atoms with E-state index < -0.39 is 16.8 Å². The molecule has 0 amide bonds. The van der Waals surface area contributed by atoms with Crippen molar-refractivity contribution in [1.29, 1.82) is 0 Å². The second-order valence-electron chi connectivity index (χ2n) is 8.09. The Balaban J connectivity index is 1.95. The molecular weight excluding hydrogens is 314 g/mol. The van der Waals surface area contributed by atoms with Crippen LogP contribution in [0.5, 0.6) is 0 Å². The van der Waals surface area contributed by atoms with Crippen LogP contribution in [-0.2, 0) is 15.6 Å². The molecule has 5 nitrogen and oxygen atoms in total. The van der Waals surface area contributed by atoms with E-state index in [1.54, 1.807) is 6.20 Å². The van der Waals surface area contributed by atoms with Crippen molar-refractivity contribution in [3.8, 4) is 0 Å². The number of carboxylic acids is 1. The van der Waals surface area contributed by atoms with Gasteiger partial charge in [0.15, 0.2) is 0 Å². The van der Waals surface area contributed by atoms with Crippen molar-refractivity contribution in [3.05, 3.63) is 41.9 Å². The fourth-order valence-electron chi connectivity index (χ4n) is 5.19. The average Bonchev–Trinajstić information content (AvgIpc) is 2.89. The molecule has 1 unspecified atom stereocenters. The van der Waals surface area contributed by atoms with Crippen LogP contribution in [0.15, 0.2) is 30.5 Å². The maximum absolute atomic E-state index is 12.4. The molecule has 2 aliphatic rings. The lowest BCUT2D eigenvalue weighted by atomic mass is 9.64. The maximum Gasteiger partial charge on any atom is 0.316 e. The zero-order chi connectivity index (χ0) is 17.6. The van der Waals surface area contributed by atoms with E-state index >= 15 is 0 Å². The van der Waals surface area contributed by atoms with Crippen LogP contribution in [0, 0.1) is 5.41 Å². The summed E-state index contributed by atoms with van der Waals surface area (Å²) in [4.78, 5) is 26.7. The highest BCUT2D eigenvalue weighted by atomic mass is 16.4. The van der Waals surface area contributed by atoms with E-state index in [9.17, 15) is 9.90 Å². The predicted octanol–water partition coefficient (Wildman–Crippen LogP) is 3.59. The van der Waals surface area contributed by atoms with Crippen molar-refractivity contribution >= 4 is 27.9 Å². The topological polar surface area (TPSA) is 76.0 Å². The Morgan fingerprint density at radius 1 is 1.04 bits per heavy atom. The van der Waals surface area contributed by atoms with Gasteiger partial charge in [0.25, 0.3) is 0 Å². The van der Waals surface area contributed by atoms with Gasteiger partial charge in [-0.2, -0.15) is 0 Å². The smallest absolute Gasteiger partial charge is 0.316 e. The number of pyridine rings is 1. The number of carboxylic acid groups (broad SMARTS) is 1. The second-order valence-corrected chi connectivity index (χ2v) is 8.09. The van der Waals surface area contributed by atoms with Crippen LogP contribution in [0.25, 0.3) is 21.9 Å². The molecule has 1 fully saturated rings. The van der Waals surface area contributed by atoms with Crippen LogP contribution >= 0.6 is 0 Å². The van der Waals surface area contributed by atoms with Crippen LogP contribution < -0.4 is 0 Å². The number of benzene rings is 1. The molecule has 1 aromatic carbocycles. The van der Waals surface area contributed by atoms with Crippen molar-refractivity contribution < 1.29 is 9.90 Å². The lowest BCUT2D eigenvalue weighted by Gasteiger charge is -2.37. The van der Waals surface area contributed by atoms with Gasteiger partial charge in [0.1, 0.15) is 5.41 Å². The Kier molecular flexibility index (Phi) is 2.45. The lowest BCUT2D eigenvalue weighted by molar-refractivity contribution is -0.148. The van der Waals surface area contributed by atoms with Gasteiger partial charge in [-0.1, -0.05) is 20.8 Å². The molecule has 0 radical (unpaired) electrons. The van der Waals surface area contributed by atoms with Crippen LogP contribution in [0.1, 0.15) is 45.0 Å². The zero-order valence-corrected chi connectivity index (χ0v) is 14.5. The number of aliphatic carboxylic acids is 1. The van der Waals surface area contributed by atoms with Gasteiger partial charge >= 0.3 is 5.97 Å². The maximum atomic E-state index is 12.4. The Hall–Kier alpha value is -2.56. The number of rotatable bonds is 1. The van der Waals surface area contributed by atoms with Gasteiger partial charge < -0.3 is 5.11 Å². The zero-order valence-electron chi connectivity index (χ0n) is 14.5. The quantitative estimate of drug-likeness (QED) is 0.689. The predicted molar refractivity (Wildman–Crippen MR) is 94.5 cm³/mol. The molecule has 3 aromatic rings. The van der Waals surface area contributed by atoms with E-state index in [-0.39, 0.29) is 5.41 Å². The van der Waals surface area contributed by atoms with Crippen LogP contribution in [0.2, 0.25) is 0 Å². The molecule has 25 heavy (non-hydrogen) atoms. The summed E-state index contributed by atoms with van der Waals surface area (Å²) in [5.74, 6) is -0.785. The molecule has 1 N–H and O–H groups in total. The van der Waals surface area contributed by atoms with Gasteiger partial charge in [-0.05, 0) is 42.5 Å². The Morgan fingerprint density at radius 3 is 2.56 bits per heavy atom. The summed E-state index contributed by atoms with van der Waals surface area (Å²) in [7, 11) is 0. The van der Waals surface area contributed by atoms with E-state index in [0.29, 0.717) is 12.1 Å². The van der Waals surface area contributed by atoms with Gasteiger partial charge in [0.05, 0.1) is 27.9 Å². The summed E-state index contributed by atoms with van der Waals surface area (Å²) in [6.07, 6.45) is 3.19. The van der Waals surface area contributed by atoms with Gasteiger partial charge in [-0.25, -0.2) is 9.97 Å². The average molecular weight is 333 g/mol. The highest BCUT2D eigenvalue weighted by Crippen LogP contribution is 2.70. The molecule has 2 bridgehead atoms. The molecule has 5 heteroatoms. The summed E-state index contributed by atoms with van der Waals surface area (Å²) in [6, 6.07) is 7.74. The van der Waals surface area contributed by atoms with Crippen molar-refractivity contribution in [2.24, 2.45) is 5.41 Å². The van der Waals surface area contributed by atoms with Crippen LogP contribution in [0.3, 0.4) is 0 Å². The first-order chi connectivity index (χ1) is 11.8. The first kappa shape index (κ1) is 14.8. The number of hydrogen-bond acceptors (Lipinski definition) is 4. The SMILES string of the molecule is CC1(C)C2(C(=O)O)CC[C@]1(C)c1nc3ccc4ncccc4c3nc12. The first-order valence-corrected chi connectivity index (χ1v) is 8.63. The fourth-order valence-corrected chi connectivity index (χ4v) is 5.19. The van der Waals surface area contributed by atoms with Crippen molar-refractivity contribution in [2.45, 2.75) is 44.4 Å². The van der Waals surface area contributed by atoms with Crippen molar-refractivity contribution in [3.63, 3.8) is 0 Å². The van der Waals surface area contributed by atoms with Gasteiger partial charge in [0.2, 0.25) is 0 Å². The van der Waals surface area contributed by atoms with Crippen LogP contribution in [0.4, 0.5) is 0 Å². The normalized spacial score (nSPS) is 29.2. The van der Waals surface area contributed by atoms with E-state index in [1.165, 1.54) is 0 Å². The lowest BCUT2D eigenvalue weighted by Crippen LogP contribution is -2.45. The monoisotopic (exact) mass is 333 g/mol.